The highest BCUT2D eigenvalue weighted by Gasteiger charge is 2.10. The molecule has 0 aliphatic rings. The lowest BCUT2D eigenvalue weighted by Gasteiger charge is -2.08. The fraction of sp³-hybridized carbons (Fsp3) is 0.190. The van der Waals surface area contributed by atoms with Gasteiger partial charge in [0.2, 0.25) is 11.5 Å². The molecule has 0 bridgehead atoms. The molecule has 0 saturated carbocycles. The number of hydrogen-bond donors (Lipinski definition) is 2. The molecule has 6 heteroatoms. The van der Waals surface area contributed by atoms with Crippen molar-refractivity contribution in [2.24, 2.45) is 0 Å². The van der Waals surface area contributed by atoms with Crippen LogP contribution in [-0.2, 0) is 11.2 Å². The van der Waals surface area contributed by atoms with Gasteiger partial charge in [-0.2, -0.15) is 0 Å². The van der Waals surface area contributed by atoms with Crippen LogP contribution in [0.1, 0.15) is 35.7 Å². The molecule has 3 aromatic rings. The number of aryl methyl sites for hydroxylation is 1. The van der Waals surface area contributed by atoms with E-state index in [-0.39, 0.29) is 30.1 Å². The Morgan fingerprint density at radius 1 is 1.04 bits per heavy atom. The molecular weight excluding hydrogens is 364 g/mol. The molecular formula is C21H19ClN2O3. The number of benzene rings is 2. The van der Waals surface area contributed by atoms with E-state index in [0.717, 1.165) is 17.4 Å². The van der Waals surface area contributed by atoms with Crippen molar-refractivity contribution in [1.82, 2.24) is 4.98 Å². The minimum Gasteiger partial charge on any atom is -0.326 e. The molecule has 0 aliphatic carbocycles. The molecule has 2 N–H and O–H groups in total. The lowest BCUT2D eigenvalue weighted by atomic mass is 10.1. The van der Waals surface area contributed by atoms with E-state index in [4.69, 9.17) is 11.6 Å². The molecule has 1 amide bonds. The second kappa shape index (κ2) is 8.18. The van der Waals surface area contributed by atoms with Crippen LogP contribution < -0.4 is 10.9 Å². The number of amides is 1. The molecule has 0 fully saturated rings. The molecule has 1 aromatic heterocycles. The number of hydrogen-bond acceptors (Lipinski definition) is 3. The number of fused-ring (bicyclic) bond motifs is 1. The molecule has 2 aromatic carbocycles. The van der Waals surface area contributed by atoms with Crippen LogP contribution in [-0.4, -0.2) is 16.7 Å². The van der Waals surface area contributed by atoms with Crippen LogP contribution in [0.15, 0.2) is 53.3 Å². The lowest BCUT2D eigenvalue weighted by molar-refractivity contribution is -0.116. The van der Waals surface area contributed by atoms with E-state index in [1.807, 2.05) is 13.0 Å². The molecule has 0 aliphatic heterocycles. The first-order valence-corrected chi connectivity index (χ1v) is 9.08. The summed E-state index contributed by atoms with van der Waals surface area (Å²) in [5, 5.41) is 4.28. The Morgan fingerprint density at radius 2 is 1.78 bits per heavy atom. The van der Waals surface area contributed by atoms with Crippen LogP contribution in [0.3, 0.4) is 0 Å². The summed E-state index contributed by atoms with van der Waals surface area (Å²) >= 11 is 5.81. The maximum atomic E-state index is 12.2. The lowest BCUT2D eigenvalue weighted by Crippen LogP contribution is -2.14. The quantitative estimate of drug-likeness (QED) is 0.622. The fourth-order valence-electron chi connectivity index (χ4n) is 2.93. The molecule has 5 nitrogen and oxygen atoms in total. The highest BCUT2D eigenvalue weighted by Crippen LogP contribution is 2.20. The van der Waals surface area contributed by atoms with Gasteiger partial charge in [0.1, 0.15) is 0 Å². The smallest absolute Gasteiger partial charge is 0.248 e. The molecule has 0 unspecified atom stereocenters. The Hall–Kier alpha value is -2.92. The monoisotopic (exact) mass is 382 g/mol. The van der Waals surface area contributed by atoms with Crippen molar-refractivity contribution in [3.63, 3.8) is 0 Å². The number of carbonyl (C=O) groups is 2. The van der Waals surface area contributed by atoms with Crippen molar-refractivity contribution in [2.45, 2.75) is 26.2 Å². The number of carbonyl (C=O) groups excluding carboxylic acids is 2. The Bertz CT molecular complexity index is 1060. The summed E-state index contributed by atoms with van der Waals surface area (Å²) in [7, 11) is 0. The molecule has 138 valence electrons. The normalized spacial score (nSPS) is 10.7. The van der Waals surface area contributed by atoms with E-state index in [9.17, 15) is 14.4 Å². The summed E-state index contributed by atoms with van der Waals surface area (Å²) in [6, 6.07) is 13.6. The van der Waals surface area contributed by atoms with Gasteiger partial charge in [-0.3, -0.25) is 14.4 Å². The minimum absolute atomic E-state index is 0.0744. The van der Waals surface area contributed by atoms with Crippen LogP contribution in [0.2, 0.25) is 5.02 Å². The summed E-state index contributed by atoms with van der Waals surface area (Å²) in [6.07, 6.45) is 0.932. The highest BCUT2D eigenvalue weighted by atomic mass is 35.5. The predicted octanol–water partition coefficient (Wildman–Crippen LogP) is 4.35. The first-order chi connectivity index (χ1) is 13.0. The second-order valence-corrected chi connectivity index (χ2v) is 6.69. The van der Waals surface area contributed by atoms with Crippen molar-refractivity contribution in [3.8, 4) is 0 Å². The third-order valence-electron chi connectivity index (χ3n) is 4.34. The maximum Gasteiger partial charge on any atom is 0.248 e. The number of anilines is 1. The summed E-state index contributed by atoms with van der Waals surface area (Å²) in [5.74, 6) is -0.372. The average molecular weight is 383 g/mol. The second-order valence-electron chi connectivity index (χ2n) is 6.25. The molecule has 27 heavy (non-hydrogen) atoms. The van der Waals surface area contributed by atoms with Gasteiger partial charge in [-0.05, 0) is 48.4 Å². The van der Waals surface area contributed by atoms with E-state index in [0.29, 0.717) is 21.8 Å². The van der Waals surface area contributed by atoms with Crippen molar-refractivity contribution in [2.75, 3.05) is 5.32 Å². The number of aromatic amines is 1. The number of ketones is 1. The van der Waals surface area contributed by atoms with Gasteiger partial charge in [-0.25, -0.2) is 0 Å². The zero-order chi connectivity index (χ0) is 19.4. The van der Waals surface area contributed by atoms with Gasteiger partial charge in [0, 0.05) is 40.6 Å². The van der Waals surface area contributed by atoms with Crippen LogP contribution >= 0.6 is 11.6 Å². The van der Waals surface area contributed by atoms with Crippen LogP contribution in [0, 0.1) is 0 Å². The third-order valence-corrected chi connectivity index (χ3v) is 4.59. The van der Waals surface area contributed by atoms with Crippen LogP contribution in [0.25, 0.3) is 10.9 Å². The van der Waals surface area contributed by atoms with Gasteiger partial charge in [-0.1, -0.05) is 24.6 Å². The zero-order valence-corrected chi connectivity index (χ0v) is 15.6. The molecule has 3 rings (SSSR count). The number of H-pyrrole nitrogens is 1. The first kappa shape index (κ1) is 18.9. The van der Waals surface area contributed by atoms with Crippen molar-refractivity contribution in [1.29, 1.82) is 0 Å². The van der Waals surface area contributed by atoms with E-state index in [1.54, 1.807) is 42.5 Å². The maximum absolute atomic E-state index is 12.2. The SMILES string of the molecule is CCc1cc(=O)[nH]c2cc(NC(=O)CCC(=O)c3ccc(Cl)cc3)ccc12. The number of nitrogens with one attached hydrogen (secondary N) is 2. The Morgan fingerprint density at radius 3 is 2.48 bits per heavy atom. The summed E-state index contributed by atoms with van der Waals surface area (Å²) in [6.45, 7) is 1.99. The fourth-order valence-corrected chi connectivity index (χ4v) is 3.06. The topological polar surface area (TPSA) is 79.0 Å². The van der Waals surface area contributed by atoms with E-state index >= 15 is 0 Å². The van der Waals surface area contributed by atoms with Gasteiger partial charge in [0.05, 0.1) is 5.52 Å². The Balaban J connectivity index is 1.66. The largest absolute Gasteiger partial charge is 0.326 e. The summed E-state index contributed by atoms with van der Waals surface area (Å²) < 4.78 is 0. The zero-order valence-electron chi connectivity index (χ0n) is 14.8. The van der Waals surface area contributed by atoms with Gasteiger partial charge < -0.3 is 10.3 Å². The van der Waals surface area contributed by atoms with Gasteiger partial charge in [0.15, 0.2) is 5.78 Å². The molecule has 1 heterocycles. The number of halogens is 1. The Kier molecular flexibility index (Phi) is 5.72. The van der Waals surface area contributed by atoms with E-state index in [1.165, 1.54) is 0 Å². The predicted molar refractivity (Wildman–Crippen MR) is 108 cm³/mol. The number of rotatable bonds is 6. The van der Waals surface area contributed by atoms with E-state index in [2.05, 4.69) is 10.3 Å². The minimum atomic E-state index is -0.259. The van der Waals surface area contributed by atoms with Crippen molar-refractivity contribution < 1.29 is 9.59 Å². The van der Waals surface area contributed by atoms with Crippen molar-refractivity contribution in [3.05, 3.63) is 75.0 Å². The highest BCUT2D eigenvalue weighted by molar-refractivity contribution is 6.30. The van der Waals surface area contributed by atoms with Crippen molar-refractivity contribution >= 4 is 39.9 Å². The van der Waals surface area contributed by atoms with Gasteiger partial charge in [-0.15, -0.1) is 0 Å². The first-order valence-electron chi connectivity index (χ1n) is 8.71. The molecule has 0 saturated heterocycles. The molecule has 0 radical (unpaired) electrons. The number of pyridine rings is 1. The third kappa shape index (κ3) is 4.63. The average Bonchev–Trinajstić information content (AvgIpc) is 2.65. The van der Waals surface area contributed by atoms with Crippen LogP contribution in [0.5, 0.6) is 0 Å². The van der Waals surface area contributed by atoms with E-state index < -0.39 is 0 Å². The standard InChI is InChI=1S/C21H19ClN2O3/c1-2-13-11-21(27)24-18-12-16(7-8-17(13)18)23-20(26)10-9-19(25)14-3-5-15(22)6-4-14/h3-8,11-12H,2,9-10H2,1H3,(H,23,26)(H,24,27). The summed E-state index contributed by atoms with van der Waals surface area (Å²) in [4.78, 5) is 38.8. The Labute approximate surface area is 161 Å². The summed E-state index contributed by atoms with van der Waals surface area (Å²) in [5.41, 5.74) is 2.57. The van der Waals surface area contributed by atoms with Gasteiger partial charge >= 0.3 is 0 Å². The number of Topliss-reactive ketones (excluding diaryl/α,β-unsaturated/α-hetero) is 1. The number of aromatic nitrogens is 1. The van der Waals surface area contributed by atoms with Crippen LogP contribution in [0.4, 0.5) is 5.69 Å². The molecule has 0 spiro atoms. The molecule has 0 atom stereocenters. The van der Waals surface area contributed by atoms with Gasteiger partial charge in [0.25, 0.3) is 0 Å².